The Morgan fingerprint density at radius 3 is 2.56 bits per heavy atom. The van der Waals surface area contributed by atoms with Crippen molar-refractivity contribution < 1.29 is 4.74 Å². The van der Waals surface area contributed by atoms with Crippen molar-refractivity contribution in [2.45, 2.75) is 31.1 Å². The Kier molecular flexibility index (Phi) is 3.99. The summed E-state index contributed by atoms with van der Waals surface area (Å²) in [4.78, 5) is 0. The molecule has 0 saturated heterocycles. The topological polar surface area (TPSA) is 9.23 Å². The van der Waals surface area contributed by atoms with Crippen molar-refractivity contribution in [2.24, 2.45) is 5.92 Å². The molecule has 0 aliphatic heterocycles. The van der Waals surface area contributed by atoms with E-state index in [2.05, 4.69) is 0 Å². The minimum Gasteiger partial charge on any atom is -0.495 e. The Morgan fingerprint density at radius 1 is 1.31 bits per heavy atom. The van der Waals surface area contributed by atoms with E-state index in [1.165, 1.54) is 25.7 Å². The summed E-state index contributed by atoms with van der Waals surface area (Å²) in [6, 6.07) is 5.83. The molecule has 1 saturated carbocycles. The number of ether oxygens (including phenoxy) is 1. The molecule has 0 heterocycles. The summed E-state index contributed by atoms with van der Waals surface area (Å²) in [7, 11) is 1.62. The first-order valence-electron chi connectivity index (χ1n) is 5.70. The number of rotatable bonds is 3. The molecule has 0 amide bonds. The van der Waals surface area contributed by atoms with Crippen LogP contribution in [0.3, 0.4) is 0 Å². The average Bonchev–Trinajstić information content (AvgIpc) is 2.81. The van der Waals surface area contributed by atoms with Gasteiger partial charge < -0.3 is 4.74 Å². The van der Waals surface area contributed by atoms with Gasteiger partial charge in [-0.3, -0.25) is 0 Å². The lowest BCUT2D eigenvalue weighted by Gasteiger charge is -2.17. The van der Waals surface area contributed by atoms with Gasteiger partial charge in [0.2, 0.25) is 0 Å². The van der Waals surface area contributed by atoms with Crippen molar-refractivity contribution in [2.75, 3.05) is 7.11 Å². The molecule has 0 aromatic heterocycles. The van der Waals surface area contributed by atoms with Crippen LogP contribution in [0.4, 0.5) is 0 Å². The lowest BCUT2D eigenvalue weighted by molar-refractivity contribution is 0.414. The SMILES string of the molecule is COc1ccc(C(Cl)C2CCCC2)cc1Cl. The number of hydrogen-bond acceptors (Lipinski definition) is 1. The number of benzene rings is 1. The van der Waals surface area contributed by atoms with Crippen LogP contribution in [0.25, 0.3) is 0 Å². The zero-order valence-corrected chi connectivity index (χ0v) is 10.9. The minimum absolute atomic E-state index is 0.0888. The first kappa shape index (κ1) is 12.1. The predicted molar refractivity (Wildman–Crippen MR) is 68.6 cm³/mol. The lowest BCUT2D eigenvalue weighted by atomic mass is 9.97. The van der Waals surface area contributed by atoms with E-state index in [1.54, 1.807) is 7.11 Å². The van der Waals surface area contributed by atoms with Crippen LogP contribution < -0.4 is 4.74 Å². The molecule has 88 valence electrons. The van der Waals surface area contributed by atoms with Crippen molar-refractivity contribution in [1.82, 2.24) is 0 Å². The van der Waals surface area contributed by atoms with E-state index in [0.29, 0.717) is 16.7 Å². The second-order valence-corrected chi connectivity index (χ2v) is 5.22. The summed E-state index contributed by atoms with van der Waals surface area (Å²) in [5.74, 6) is 1.31. The second kappa shape index (κ2) is 5.29. The highest BCUT2D eigenvalue weighted by Crippen LogP contribution is 2.41. The summed E-state index contributed by atoms with van der Waals surface area (Å²) >= 11 is 12.6. The lowest BCUT2D eigenvalue weighted by Crippen LogP contribution is -2.03. The van der Waals surface area contributed by atoms with Crippen molar-refractivity contribution in [3.8, 4) is 5.75 Å². The third-order valence-electron chi connectivity index (χ3n) is 3.31. The maximum Gasteiger partial charge on any atom is 0.137 e. The van der Waals surface area contributed by atoms with E-state index in [1.807, 2.05) is 18.2 Å². The standard InChI is InChI=1S/C13H16Cl2O/c1-16-12-7-6-10(8-11(12)14)13(15)9-4-2-3-5-9/h6-9,13H,2-5H2,1H3. The molecule has 0 N–H and O–H groups in total. The van der Waals surface area contributed by atoms with Crippen LogP contribution in [0.5, 0.6) is 5.75 Å². The molecule has 0 bridgehead atoms. The van der Waals surface area contributed by atoms with Gasteiger partial charge in [-0.15, -0.1) is 11.6 Å². The molecule has 1 aliphatic rings. The maximum atomic E-state index is 6.48. The highest BCUT2D eigenvalue weighted by Gasteiger charge is 2.24. The smallest absolute Gasteiger partial charge is 0.137 e. The van der Waals surface area contributed by atoms with Gasteiger partial charge >= 0.3 is 0 Å². The number of alkyl halides is 1. The first-order valence-corrected chi connectivity index (χ1v) is 6.51. The molecule has 16 heavy (non-hydrogen) atoms. The Morgan fingerprint density at radius 2 is 2.00 bits per heavy atom. The molecule has 1 nitrogen and oxygen atoms in total. The van der Waals surface area contributed by atoms with Crippen LogP contribution in [0.2, 0.25) is 5.02 Å². The van der Waals surface area contributed by atoms with Gasteiger partial charge in [-0.2, -0.15) is 0 Å². The molecule has 1 unspecified atom stereocenters. The van der Waals surface area contributed by atoms with E-state index < -0.39 is 0 Å². The van der Waals surface area contributed by atoms with Crippen molar-refractivity contribution >= 4 is 23.2 Å². The largest absolute Gasteiger partial charge is 0.495 e. The molecule has 1 atom stereocenters. The number of hydrogen-bond donors (Lipinski definition) is 0. The van der Waals surface area contributed by atoms with E-state index in [0.717, 1.165) is 5.56 Å². The van der Waals surface area contributed by atoms with E-state index in [-0.39, 0.29) is 5.38 Å². The Hall–Kier alpha value is -0.400. The van der Waals surface area contributed by atoms with Crippen LogP contribution in [0.15, 0.2) is 18.2 Å². The van der Waals surface area contributed by atoms with Crippen LogP contribution in [0.1, 0.15) is 36.6 Å². The van der Waals surface area contributed by atoms with Crippen molar-refractivity contribution in [3.63, 3.8) is 0 Å². The highest BCUT2D eigenvalue weighted by atomic mass is 35.5. The quantitative estimate of drug-likeness (QED) is 0.707. The van der Waals surface area contributed by atoms with Gasteiger partial charge in [-0.05, 0) is 36.5 Å². The highest BCUT2D eigenvalue weighted by molar-refractivity contribution is 6.32. The fourth-order valence-electron chi connectivity index (χ4n) is 2.38. The van der Waals surface area contributed by atoms with Crippen LogP contribution in [0, 0.1) is 5.92 Å². The van der Waals surface area contributed by atoms with Gasteiger partial charge in [-0.1, -0.05) is 30.5 Å². The molecule has 2 rings (SSSR count). The zero-order chi connectivity index (χ0) is 11.5. The molecule has 0 spiro atoms. The molecule has 1 fully saturated rings. The molecule has 1 aromatic carbocycles. The summed E-state index contributed by atoms with van der Waals surface area (Å²) in [5, 5.41) is 0.731. The Labute approximate surface area is 107 Å². The third kappa shape index (κ3) is 2.46. The Bertz CT molecular complexity index is 359. The predicted octanol–water partition coefficient (Wildman–Crippen LogP) is 4.82. The first-order chi connectivity index (χ1) is 7.72. The van der Waals surface area contributed by atoms with Gasteiger partial charge in [0.15, 0.2) is 0 Å². The molecular formula is C13H16Cl2O. The molecular weight excluding hydrogens is 243 g/mol. The van der Waals surface area contributed by atoms with E-state index in [9.17, 15) is 0 Å². The van der Waals surface area contributed by atoms with Crippen LogP contribution in [-0.2, 0) is 0 Å². The van der Waals surface area contributed by atoms with Gasteiger partial charge in [0, 0.05) is 0 Å². The average molecular weight is 259 g/mol. The summed E-state index contributed by atoms with van der Waals surface area (Å²) in [6.07, 6.45) is 5.07. The van der Waals surface area contributed by atoms with Crippen LogP contribution >= 0.6 is 23.2 Å². The van der Waals surface area contributed by atoms with Gasteiger partial charge in [-0.25, -0.2) is 0 Å². The van der Waals surface area contributed by atoms with Gasteiger partial charge in [0.1, 0.15) is 5.75 Å². The maximum absolute atomic E-state index is 6.48. The summed E-state index contributed by atoms with van der Waals surface area (Å²) in [5.41, 5.74) is 1.11. The van der Waals surface area contributed by atoms with E-state index >= 15 is 0 Å². The molecule has 3 heteroatoms. The fraction of sp³-hybridized carbons (Fsp3) is 0.538. The second-order valence-electron chi connectivity index (χ2n) is 4.34. The normalized spacial score (nSPS) is 18.7. The number of methoxy groups -OCH3 is 1. The Balaban J connectivity index is 2.16. The minimum atomic E-state index is 0.0888. The van der Waals surface area contributed by atoms with Crippen molar-refractivity contribution in [1.29, 1.82) is 0 Å². The molecule has 0 radical (unpaired) electrons. The van der Waals surface area contributed by atoms with Crippen LogP contribution in [-0.4, -0.2) is 7.11 Å². The van der Waals surface area contributed by atoms with E-state index in [4.69, 9.17) is 27.9 Å². The van der Waals surface area contributed by atoms with Gasteiger partial charge in [0.25, 0.3) is 0 Å². The summed E-state index contributed by atoms with van der Waals surface area (Å²) in [6.45, 7) is 0. The molecule has 1 aliphatic carbocycles. The molecule has 1 aromatic rings. The third-order valence-corrected chi connectivity index (χ3v) is 4.21. The monoisotopic (exact) mass is 258 g/mol. The summed E-state index contributed by atoms with van der Waals surface area (Å²) < 4.78 is 5.13. The van der Waals surface area contributed by atoms with Gasteiger partial charge in [0.05, 0.1) is 17.5 Å². The zero-order valence-electron chi connectivity index (χ0n) is 9.38. The number of halogens is 2. The van der Waals surface area contributed by atoms with Crippen molar-refractivity contribution in [3.05, 3.63) is 28.8 Å². The fourth-order valence-corrected chi connectivity index (χ4v) is 3.03.